The number of aromatic amines is 1. The Labute approximate surface area is 184 Å². The number of aromatic nitrogens is 6. The minimum absolute atomic E-state index is 0.324. The quantitative estimate of drug-likeness (QED) is 0.282. The Kier molecular flexibility index (Phi) is 5.91. The van der Waals surface area contributed by atoms with Crippen molar-refractivity contribution in [1.82, 2.24) is 29.5 Å². The maximum Gasteiger partial charge on any atom is 0.226 e. The molecule has 2 aliphatic rings. The maximum absolute atomic E-state index is 10.5. The normalized spacial score (nSPS) is 26.2. The van der Waals surface area contributed by atoms with Crippen LogP contribution >= 0.6 is 0 Å². The van der Waals surface area contributed by atoms with Crippen LogP contribution in [0.4, 0.5) is 11.8 Å². The molecule has 0 aromatic carbocycles. The summed E-state index contributed by atoms with van der Waals surface area (Å²) in [6.45, 7) is 0.198. The van der Waals surface area contributed by atoms with E-state index in [4.69, 9.17) is 4.74 Å². The number of imidazole rings is 2. The zero-order valence-electron chi connectivity index (χ0n) is 17.6. The van der Waals surface area contributed by atoms with Crippen LogP contribution in [0.15, 0.2) is 18.9 Å². The third-order valence-electron chi connectivity index (χ3n) is 6.14. The zero-order valence-corrected chi connectivity index (χ0v) is 17.6. The summed E-state index contributed by atoms with van der Waals surface area (Å²) in [6, 6.07) is 0.324. The molecule has 1 aliphatic heterocycles. The number of nitrogens with zero attached hydrogens (tertiary/aromatic N) is 5. The van der Waals surface area contributed by atoms with Gasteiger partial charge in [0.2, 0.25) is 5.95 Å². The summed E-state index contributed by atoms with van der Waals surface area (Å²) in [7, 11) is 0. The van der Waals surface area contributed by atoms with Gasteiger partial charge in [-0.15, -0.1) is 0 Å². The van der Waals surface area contributed by atoms with Crippen molar-refractivity contribution in [3.63, 3.8) is 0 Å². The largest absolute Gasteiger partial charge is 0.394 e. The van der Waals surface area contributed by atoms with Crippen molar-refractivity contribution in [2.24, 2.45) is 0 Å². The highest BCUT2D eigenvalue weighted by Gasteiger charge is 2.44. The lowest BCUT2D eigenvalue weighted by Gasteiger charge is -2.18. The van der Waals surface area contributed by atoms with E-state index in [2.05, 4.69) is 35.6 Å². The van der Waals surface area contributed by atoms with Crippen LogP contribution in [-0.4, -0.2) is 82.3 Å². The molecule has 3 aromatic heterocycles. The topological polar surface area (TPSA) is 166 Å². The van der Waals surface area contributed by atoms with E-state index in [0.29, 0.717) is 35.5 Å². The van der Waals surface area contributed by atoms with Gasteiger partial charge in [-0.1, -0.05) is 12.8 Å². The Balaban J connectivity index is 1.45. The van der Waals surface area contributed by atoms with Crippen LogP contribution in [0.25, 0.3) is 11.2 Å². The lowest BCUT2D eigenvalue weighted by Crippen LogP contribution is -2.33. The molecule has 0 amide bonds. The number of aliphatic hydroxyl groups excluding tert-OH is 3. The molecule has 1 aliphatic carbocycles. The predicted octanol–water partition coefficient (Wildman–Crippen LogP) is 0.170. The van der Waals surface area contributed by atoms with E-state index >= 15 is 0 Å². The second-order valence-electron chi connectivity index (χ2n) is 8.33. The molecule has 1 saturated heterocycles. The molecule has 2 fully saturated rings. The summed E-state index contributed by atoms with van der Waals surface area (Å²) in [5.74, 6) is 1.04. The number of H-pyrrole nitrogens is 1. The Bertz CT molecular complexity index is 1040. The summed E-state index contributed by atoms with van der Waals surface area (Å²) in [5.41, 5.74) is 2.03. The first-order valence-electron chi connectivity index (χ1n) is 11.0. The molecule has 1 saturated carbocycles. The number of fused-ring (bicyclic) bond motifs is 1. The van der Waals surface area contributed by atoms with E-state index in [-0.39, 0.29) is 0 Å². The fraction of sp³-hybridized carbons (Fsp3) is 0.600. The molecule has 0 bridgehead atoms. The lowest BCUT2D eigenvalue weighted by molar-refractivity contribution is -0.0511. The number of hydrogen-bond acceptors (Lipinski definition) is 10. The second kappa shape index (κ2) is 8.98. The predicted molar refractivity (Wildman–Crippen MR) is 115 cm³/mol. The molecule has 0 unspecified atom stereocenters. The maximum atomic E-state index is 10.5. The molecule has 0 radical (unpaired) electrons. The molecule has 0 spiro atoms. The average Bonchev–Trinajstić information content (AvgIpc) is 3.58. The molecule has 6 N–H and O–H groups in total. The standard InChI is InChI=1S/C20H28N8O4/c29-8-13-15(30)16(31)19(32-13)28-10-24-14-17(25-11-3-1-2-4-11)26-20(27-18(14)28)22-6-5-12-7-21-9-23-12/h7,9-11,13,15-16,19,29-31H,1-6,8H2,(H,21,23)(H2,22,25,26,27)/t13-,15-,16-,19-/m1/s1. The third kappa shape index (κ3) is 4.01. The number of anilines is 2. The molecule has 172 valence electrons. The highest BCUT2D eigenvalue weighted by Crippen LogP contribution is 2.33. The Morgan fingerprint density at radius 3 is 2.75 bits per heavy atom. The highest BCUT2D eigenvalue weighted by atomic mass is 16.6. The van der Waals surface area contributed by atoms with Gasteiger partial charge >= 0.3 is 0 Å². The molecule has 32 heavy (non-hydrogen) atoms. The van der Waals surface area contributed by atoms with Gasteiger partial charge in [-0.3, -0.25) is 4.57 Å². The van der Waals surface area contributed by atoms with E-state index in [1.165, 1.54) is 19.2 Å². The second-order valence-corrected chi connectivity index (χ2v) is 8.33. The summed E-state index contributed by atoms with van der Waals surface area (Å²) >= 11 is 0. The Morgan fingerprint density at radius 1 is 1.19 bits per heavy atom. The van der Waals surface area contributed by atoms with Crippen molar-refractivity contribution in [3.05, 3.63) is 24.5 Å². The molecule has 4 heterocycles. The van der Waals surface area contributed by atoms with Crippen LogP contribution < -0.4 is 10.6 Å². The van der Waals surface area contributed by atoms with Crippen molar-refractivity contribution in [2.75, 3.05) is 23.8 Å². The molecular weight excluding hydrogens is 416 g/mol. The molecular formula is C20H28N8O4. The lowest BCUT2D eigenvalue weighted by atomic mass is 10.1. The summed E-state index contributed by atoms with van der Waals surface area (Å²) < 4.78 is 7.28. The fourth-order valence-electron chi connectivity index (χ4n) is 4.39. The molecule has 12 heteroatoms. The van der Waals surface area contributed by atoms with Crippen LogP contribution in [0.5, 0.6) is 0 Å². The first kappa shape index (κ1) is 21.1. The van der Waals surface area contributed by atoms with Gasteiger partial charge in [-0.2, -0.15) is 9.97 Å². The van der Waals surface area contributed by atoms with E-state index < -0.39 is 31.1 Å². The van der Waals surface area contributed by atoms with Crippen molar-refractivity contribution in [2.45, 2.75) is 62.7 Å². The van der Waals surface area contributed by atoms with Crippen molar-refractivity contribution >= 4 is 22.9 Å². The van der Waals surface area contributed by atoms with Crippen LogP contribution in [0.1, 0.15) is 37.6 Å². The monoisotopic (exact) mass is 444 g/mol. The third-order valence-corrected chi connectivity index (χ3v) is 6.14. The number of aliphatic hydroxyl groups is 3. The minimum atomic E-state index is -1.22. The molecule has 5 rings (SSSR count). The Hall–Kier alpha value is -2.80. The van der Waals surface area contributed by atoms with Crippen LogP contribution in [0.3, 0.4) is 0 Å². The number of nitrogens with one attached hydrogen (secondary N) is 3. The van der Waals surface area contributed by atoms with Crippen LogP contribution in [-0.2, 0) is 11.2 Å². The highest BCUT2D eigenvalue weighted by molar-refractivity contribution is 5.84. The Morgan fingerprint density at radius 2 is 2.03 bits per heavy atom. The van der Waals surface area contributed by atoms with Crippen molar-refractivity contribution in [1.29, 1.82) is 0 Å². The summed E-state index contributed by atoms with van der Waals surface area (Å²) in [4.78, 5) is 20.8. The number of ether oxygens (including phenoxy) is 1. The first-order valence-corrected chi connectivity index (χ1v) is 11.0. The average molecular weight is 444 g/mol. The summed E-state index contributed by atoms with van der Waals surface area (Å²) in [6.07, 6.45) is 5.95. The van der Waals surface area contributed by atoms with Gasteiger partial charge in [0.15, 0.2) is 23.2 Å². The van der Waals surface area contributed by atoms with Crippen molar-refractivity contribution < 1.29 is 20.1 Å². The van der Waals surface area contributed by atoms with Gasteiger partial charge in [0.25, 0.3) is 0 Å². The van der Waals surface area contributed by atoms with Gasteiger partial charge in [-0.25, -0.2) is 9.97 Å². The van der Waals surface area contributed by atoms with Gasteiger partial charge in [0.05, 0.1) is 19.3 Å². The van der Waals surface area contributed by atoms with E-state index in [1.54, 1.807) is 17.1 Å². The smallest absolute Gasteiger partial charge is 0.226 e. The fourth-order valence-corrected chi connectivity index (χ4v) is 4.39. The number of hydrogen-bond donors (Lipinski definition) is 6. The van der Waals surface area contributed by atoms with Gasteiger partial charge in [0, 0.05) is 30.9 Å². The minimum Gasteiger partial charge on any atom is -0.394 e. The zero-order chi connectivity index (χ0) is 22.1. The molecule has 12 nitrogen and oxygen atoms in total. The van der Waals surface area contributed by atoms with E-state index in [9.17, 15) is 15.3 Å². The van der Waals surface area contributed by atoms with Gasteiger partial charge in [-0.05, 0) is 12.8 Å². The molecule has 3 aromatic rings. The van der Waals surface area contributed by atoms with Crippen molar-refractivity contribution in [3.8, 4) is 0 Å². The van der Waals surface area contributed by atoms with Gasteiger partial charge in [0.1, 0.15) is 18.3 Å². The molecule has 4 atom stereocenters. The van der Waals surface area contributed by atoms with E-state index in [1.807, 2.05) is 0 Å². The van der Waals surface area contributed by atoms with Crippen LogP contribution in [0, 0.1) is 0 Å². The summed E-state index contributed by atoms with van der Waals surface area (Å²) in [5, 5.41) is 36.8. The van der Waals surface area contributed by atoms with Gasteiger partial charge < -0.3 is 35.7 Å². The van der Waals surface area contributed by atoms with Crippen LogP contribution in [0.2, 0.25) is 0 Å². The number of rotatable bonds is 8. The van der Waals surface area contributed by atoms with E-state index in [0.717, 1.165) is 25.0 Å². The SMILES string of the molecule is OC[C@H]1O[C@@H](n2cnc3c(NC4CCCC4)nc(NCCc4cnc[nH]4)nc32)[C@H](O)[C@@H]1O. The first-order chi connectivity index (χ1) is 15.6.